The highest BCUT2D eigenvalue weighted by Gasteiger charge is 2.11. The smallest absolute Gasteiger partial charge is 0.141 e. The number of nitrogens with one attached hydrogen (secondary N) is 1. The van der Waals surface area contributed by atoms with Gasteiger partial charge in [0.25, 0.3) is 0 Å². The number of anilines is 2. The van der Waals surface area contributed by atoms with Crippen LogP contribution < -0.4 is 10.2 Å². The van der Waals surface area contributed by atoms with Crippen molar-refractivity contribution in [2.75, 3.05) is 19.0 Å². The minimum atomic E-state index is -0.374. The molecule has 0 radical (unpaired) electrons. The number of rotatable bonds is 4. The highest BCUT2D eigenvalue weighted by Crippen LogP contribution is 2.25. The molecule has 5 heteroatoms. The zero-order valence-electron chi connectivity index (χ0n) is 10.8. The normalized spacial score (nSPS) is 10.5. The van der Waals surface area contributed by atoms with Crippen molar-refractivity contribution in [3.8, 4) is 0 Å². The molecule has 19 heavy (non-hydrogen) atoms. The molecule has 1 aromatic carbocycles. The molecule has 0 atom stereocenters. The van der Waals surface area contributed by atoms with Crippen LogP contribution in [0.15, 0.2) is 36.5 Å². The molecular weight excluding hydrogens is 248 g/mol. The third kappa shape index (κ3) is 3.06. The van der Waals surface area contributed by atoms with Gasteiger partial charge in [-0.05, 0) is 37.4 Å². The molecule has 2 rings (SSSR count). The molecule has 1 aromatic heterocycles. The quantitative estimate of drug-likeness (QED) is 0.919. The van der Waals surface area contributed by atoms with E-state index in [9.17, 15) is 8.78 Å². The minimum absolute atomic E-state index is 0.292. The minimum Gasteiger partial charge on any atom is -0.329 e. The van der Waals surface area contributed by atoms with Crippen LogP contribution >= 0.6 is 0 Å². The zero-order valence-corrected chi connectivity index (χ0v) is 10.8. The van der Waals surface area contributed by atoms with Crippen molar-refractivity contribution in [3.05, 3.63) is 53.7 Å². The van der Waals surface area contributed by atoms with Gasteiger partial charge in [0.1, 0.15) is 17.5 Å². The van der Waals surface area contributed by atoms with Crippen LogP contribution in [-0.2, 0) is 6.54 Å². The lowest BCUT2D eigenvalue weighted by molar-refractivity contribution is 0.616. The van der Waals surface area contributed by atoms with E-state index < -0.39 is 0 Å². The molecule has 1 N–H and O–H groups in total. The molecule has 2 aromatic rings. The average Bonchev–Trinajstić information content (AvgIpc) is 2.39. The van der Waals surface area contributed by atoms with Crippen molar-refractivity contribution in [1.82, 2.24) is 10.3 Å². The maximum atomic E-state index is 13.2. The third-order valence-corrected chi connectivity index (χ3v) is 2.81. The van der Waals surface area contributed by atoms with E-state index in [1.54, 1.807) is 24.1 Å². The van der Waals surface area contributed by atoms with E-state index in [4.69, 9.17) is 0 Å². The molecule has 0 unspecified atom stereocenters. The molecule has 0 aliphatic rings. The summed E-state index contributed by atoms with van der Waals surface area (Å²) in [6, 6.07) is 7.52. The summed E-state index contributed by atoms with van der Waals surface area (Å²) in [5, 5.41) is 2.97. The Morgan fingerprint density at radius 1 is 1.16 bits per heavy atom. The second kappa shape index (κ2) is 5.75. The van der Waals surface area contributed by atoms with Gasteiger partial charge in [0.05, 0.1) is 6.20 Å². The lowest BCUT2D eigenvalue weighted by Gasteiger charge is -2.21. The second-order valence-electron chi connectivity index (χ2n) is 4.20. The molecule has 0 aliphatic heterocycles. The molecule has 0 aliphatic carbocycles. The summed E-state index contributed by atoms with van der Waals surface area (Å²) < 4.78 is 26.1. The van der Waals surface area contributed by atoms with Gasteiger partial charge in [-0.25, -0.2) is 13.8 Å². The number of nitrogens with zero attached hydrogens (tertiary/aromatic N) is 2. The number of pyridine rings is 1. The molecule has 3 nitrogen and oxygen atoms in total. The van der Waals surface area contributed by atoms with Crippen molar-refractivity contribution >= 4 is 11.5 Å². The standard InChI is InChI=1S/C14H15F2N3/c1-17-8-10-7-12(16)9-18-14(10)19(2)13-5-3-11(15)4-6-13/h3-7,9,17H,8H2,1-2H3. The molecule has 0 bridgehead atoms. The van der Waals surface area contributed by atoms with Gasteiger partial charge in [-0.1, -0.05) is 0 Å². The Morgan fingerprint density at radius 3 is 2.47 bits per heavy atom. The monoisotopic (exact) mass is 263 g/mol. The van der Waals surface area contributed by atoms with E-state index in [-0.39, 0.29) is 11.6 Å². The predicted molar refractivity (Wildman–Crippen MR) is 71.4 cm³/mol. The summed E-state index contributed by atoms with van der Waals surface area (Å²) in [6.45, 7) is 0.506. The Kier molecular flexibility index (Phi) is 4.06. The maximum absolute atomic E-state index is 13.2. The van der Waals surface area contributed by atoms with Gasteiger partial charge < -0.3 is 10.2 Å². The van der Waals surface area contributed by atoms with E-state index in [0.29, 0.717) is 12.4 Å². The van der Waals surface area contributed by atoms with Crippen LogP contribution in [0.5, 0.6) is 0 Å². The second-order valence-corrected chi connectivity index (χ2v) is 4.20. The molecule has 0 amide bonds. The Hall–Kier alpha value is -2.01. The lowest BCUT2D eigenvalue weighted by Crippen LogP contribution is -2.16. The Balaban J connectivity index is 2.37. The van der Waals surface area contributed by atoms with Crippen LogP contribution in [0.2, 0.25) is 0 Å². The van der Waals surface area contributed by atoms with Crippen LogP contribution in [-0.4, -0.2) is 19.1 Å². The number of hydrogen-bond donors (Lipinski definition) is 1. The number of benzene rings is 1. The van der Waals surface area contributed by atoms with Crippen molar-refractivity contribution in [1.29, 1.82) is 0 Å². The first kappa shape index (κ1) is 13.4. The summed E-state index contributed by atoms with van der Waals surface area (Å²) in [5.74, 6) is -0.0245. The topological polar surface area (TPSA) is 28.2 Å². The fourth-order valence-corrected chi connectivity index (χ4v) is 1.88. The van der Waals surface area contributed by atoms with Crippen LogP contribution in [0.1, 0.15) is 5.56 Å². The number of hydrogen-bond acceptors (Lipinski definition) is 3. The van der Waals surface area contributed by atoms with Gasteiger partial charge in [0.2, 0.25) is 0 Å². The van der Waals surface area contributed by atoms with Gasteiger partial charge in [-0.3, -0.25) is 0 Å². The van der Waals surface area contributed by atoms with Gasteiger partial charge in [-0.2, -0.15) is 0 Å². The summed E-state index contributed by atoms with van der Waals surface area (Å²) >= 11 is 0. The van der Waals surface area contributed by atoms with Crippen molar-refractivity contribution in [3.63, 3.8) is 0 Å². The molecular formula is C14H15F2N3. The Morgan fingerprint density at radius 2 is 1.84 bits per heavy atom. The predicted octanol–water partition coefficient (Wildman–Crippen LogP) is 2.85. The highest BCUT2D eigenvalue weighted by molar-refractivity contribution is 5.61. The van der Waals surface area contributed by atoms with E-state index in [0.717, 1.165) is 11.3 Å². The molecule has 0 fully saturated rings. The number of halogens is 2. The summed E-state index contributed by atoms with van der Waals surface area (Å²) in [5.41, 5.74) is 1.53. The zero-order chi connectivity index (χ0) is 13.8. The molecule has 100 valence electrons. The van der Waals surface area contributed by atoms with E-state index >= 15 is 0 Å². The van der Waals surface area contributed by atoms with Crippen molar-refractivity contribution < 1.29 is 8.78 Å². The van der Waals surface area contributed by atoms with Gasteiger partial charge in [0, 0.05) is 24.8 Å². The van der Waals surface area contributed by atoms with Gasteiger partial charge >= 0.3 is 0 Å². The van der Waals surface area contributed by atoms with Crippen LogP contribution in [0.25, 0.3) is 0 Å². The average molecular weight is 263 g/mol. The van der Waals surface area contributed by atoms with Crippen molar-refractivity contribution in [2.24, 2.45) is 0 Å². The van der Waals surface area contributed by atoms with Crippen LogP contribution in [0.4, 0.5) is 20.3 Å². The molecule has 0 saturated carbocycles. The molecule has 1 heterocycles. The van der Waals surface area contributed by atoms with E-state index in [1.165, 1.54) is 24.4 Å². The summed E-state index contributed by atoms with van der Waals surface area (Å²) in [6.07, 6.45) is 1.18. The fraction of sp³-hybridized carbons (Fsp3) is 0.214. The SMILES string of the molecule is CNCc1cc(F)cnc1N(C)c1ccc(F)cc1. The lowest BCUT2D eigenvalue weighted by atomic mass is 10.2. The molecule has 0 spiro atoms. The highest BCUT2D eigenvalue weighted by atomic mass is 19.1. The molecule has 0 saturated heterocycles. The summed E-state index contributed by atoms with van der Waals surface area (Å²) in [7, 11) is 3.60. The van der Waals surface area contributed by atoms with Crippen LogP contribution in [0.3, 0.4) is 0 Å². The van der Waals surface area contributed by atoms with E-state index in [1.807, 2.05) is 7.05 Å². The fourth-order valence-electron chi connectivity index (χ4n) is 1.88. The van der Waals surface area contributed by atoms with E-state index in [2.05, 4.69) is 10.3 Å². The third-order valence-electron chi connectivity index (χ3n) is 2.81. The van der Waals surface area contributed by atoms with Crippen LogP contribution in [0, 0.1) is 11.6 Å². The summed E-state index contributed by atoms with van der Waals surface area (Å²) in [4.78, 5) is 5.91. The Bertz CT molecular complexity index is 555. The van der Waals surface area contributed by atoms with Gasteiger partial charge in [0.15, 0.2) is 0 Å². The number of aromatic nitrogens is 1. The first-order valence-electron chi connectivity index (χ1n) is 5.90. The largest absolute Gasteiger partial charge is 0.329 e. The Labute approximate surface area is 110 Å². The maximum Gasteiger partial charge on any atom is 0.141 e. The first-order chi connectivity index (χ1) is 9.11. The van der Waals surface area contributed by atoms with Gasteiger partial charge in [-0.15, -0.1) is 0 Å². The van der Waals surface area contributed by atoms with Crippen molar-refractivity contribution in [2.45, 2.75) is 6.54 Å². The first-order valence-corrected chi connectivity index (χ1v) is 5.90.